The molecule has 0 unspecified atom stereocenters. The van der Waals surface area contributed by atoms with Crippen molar-refractivity contribution in [2.75, 3.05) is 0 Å². The number of hydrogen-bond donors (Lipinski definition) is 8. The molecular formula is C42H32O10. The Morgan fingerprint density at radius 2 is 0.923 bits per heavy atom. The average molecular weight is 697 g/mol. The molecule has 10 heteroatoms. The molecule has 0 radical (unpaired) electrons. The van der Waals surface area contributed by atoms with Gasteiger partial charge in [0.05, 0.1) is 11.8 Å². The van der Waals surface area contributed by atoms with Crippen LogP contribution in [-0.2, 0) is 0 Å². The van der Waals surface area contributed by atoms with Gasteiger partial charge in [-0.15, -0.1) is 0 Å². The van der Waals surface area contributed by atoms with Gasteiger partial charge in [0.2, 0.25) is 0 Å². The summed E-state index contributed by atoms with van der Waals surface area (Å²) in [6.45, 7) is 0. The highest BCUT2D eigenvalue weighted by Crippen LogP contribution is 2.59. The van der Waals surface area contributed by atoms with Gasteiger partial charge in [0.25, 0.3) is 0 Å². The van der Waals surface area contributed by atoms with Crippen LogP contribution in [0.4, 0.5) is 0 Å². The molecule has 10 nitrogen and oxygen atoms in total. The van der Waals surface area contributed by atoms with Crippen molar-refractivity contribution in [2.45, 2.75) is 24.0 Å². The number of phenols is 8. The van der Waals surface area contributed by atoms with Crippen molar-refractivity contribution >= 4 is 12.2 Å². The largest absolute Gasteiger partial charge is 0.508 e. The molecule has 52 heavy (non-hydrogen) atoms. The third kappa shape index (κ3) is 5.75. The fourth-order valence-corrected chi connectivity index (χ4v) is 7.27. The van der Waals surface area contributed by atoms with Crippen molar-refractivity contribution in [1.82, 2.24) is 0 Å². The van der Waals surface area contributed by atoms with Crippen LogP contribution >= 0.6 is 0 Å². The summed E-state index contributed by atoms with van der Waals surface area (Å²) < 4.78 is 13.0. The van der Waals surface area contributed by atoms with Gasteiger partial charge < -0.3 is 50.3 Å². The van der Waals surface area contributed by atoms with Crippen LogP contribution in [0.1, 0.15) is 68.6 Å². The van der Waals surface area contributed by atoms with Crippen molar-refractivity contribution in [3.8, 4) is 57.5 Å². The van der Waals surface area contributed by atoms with Crippen LogP contribution in [0.15, 0.2) is 109 Å². The van der Waals surface area contributed by atoms with Gasteiger partial charge in [0.15, 0.2) is 0 Å². The summed E-state index contributed by atoms with van der Waals surface area (Å²) in [7, 11) is 0. The molecule has 6 aromatic rings. The lowest BCUT2D eigenvalue weighted by Crippen LogP contribution is -2.12. The van der Waals surface area contributed by atoms with Gasteiger partial charge in [-0.2, -0.15) is 0 Å². The lowest BCUT2D eigenvalue weighted by molar-refractivity contribution is 0.215. The van der Waals surface area contributed by atoms with Gasteiger partial charge in [-0.25, -0.2) is 0 Å². The second-order valence-electron chi connectivity index (χ2n) is 13.0. The van der Waals surface area contributed by atoms with E-state index in [4.69, 9.17) is 9.47 Å². The molecule has 0 amide bonds. The first-order chi connectivity index (χ1) is 25.0. The molecule has 0 fully saturated rings. The molecule has 4 atom stereocenters. The highest BCUT2D eigenvalue weighted by atomic mass is 16.5. The molecule has 0 aliphatic carbocycles. The van der Waals surface area contributed by atoms with Gasteiger partial charge in [0, 0.05) is 28.8 Å². The van der Waals surface area contributed by atoms with Gasteiger partial charge in [-0.3, -0.25) is 0 Å². The van der Waals surface area contributed by atoms with Crippen molar-refractivity contribution in [3.63, 3.8) is 0 Å². The van der Waals surface area contributed by atoms with Gasteiger partial charge >= 0.3 is 0 Å². The minimum Gasteiger partial charge on any atom is -0.508 e. The SMILES string of the molecule is Oc1ccc(/C=C/c2cc(O)c3c(c2)O[C@H](c2ccc(O)cc2O)[C@H]3c2cc(O)c3c(c2)O[C@H](c2ccc(O)cc2)[C@H]3c2cc(O)cc(O)c2)cc1. The molecule has 2 aliphatic heterocycles. The Bertz CT molecular complexity index is 2350. The molecule has 8 rings (SSSR count). The smallest absolute Gasteiger partial charge is 0.138 e. The van der Waals surface area contributed by atoms with E-state index in [0.717, 1.165) is 5.56 Å². The summed E-state index contributed by atoms with van der Waals surface area (Å²) in [6, 6.07) is 28.0. The number of benzene rings is 6. The predicted octanol–water partition coefficient (Wildman–Crippen LogP) is 8.03. The number of aromatic hydroxyl groups is 8. The van der Waals surface area contributed by atoms with Crippen LogP contribution in [0.5, 0.6) is 57.5 Å². The first-order valence-corrected chi connectivity index (χ1v) is 16.4. The summed E-state index contributed by atoms with van der Waals surface area (Å²) in [5.74, 6) is -1.61. The summed E-state index contributed by atoms with van der Waals surface area (Å²) in [4.78, 5) is 0. The van der Waals surface area contributed by atoms with Gasteiger partial charge in [-0.1, -0.05) is 36.4 Å². The Kier molecular flexibility index (Phi) is 7.72. The normalized spacial score (nSPS) is 18.8. The monoisotopic (exact) mass is 696 g/mol. The Hall–Kier alpha value is -6.94. The minimum atomic E-state index is -0.914. The standard InChI is InChI=1S/C42H32O10/c43-26-7-3-21(4-8-26)1-2-22-13-33(49)39-35(14-22)52-42(31-12-11-28(45)20-32(31)48)38(39)25-17-34(50)40-36(18-25)51-41(23-5-9-27(44)10-6-23)37(40)24-15-29(46)19-30(47)16-24/h1-20,37-38,41-50H/b2-1+/t37-,38-,41+,42+/m0/s1. The Labute approximate surface area is 297 Å². The summed E-state index contributed by atoms with van der Waals surface area (Å²) in [5, 5.41) is 84.8. The first kappa shape index (κ1) is 32.3. The lowest BCUT2D eigenvalue weighted by atomic mass is 9.81. The number of rotatable bonds is 6. The zero-order valence-electron chi connectivity index (χ0n) is 27.3. The maximum Gasteiger partial charge on any atom is 0.138 e. The molecule has 260 valence electrons. The second-order valence-corrected chi connectivity index (χ2v) is 13.0. The Morgan fingerprint density at radius 3 is 1.60 bits per heavy atom. The summed E-state index contributed by atoms with van der Waals surface area (Å²) >= 11 is 0. The van der Waals surface area contributed by atoms with E-state index >= 15 is 0 Å². The average Bonchev–Trinajstić information content (AvgIpc) is 3.68. The first-order valence-electron chi connectivity index (χ1n) is 16.4. The minimum absolute atomic E-state index is 0.0539. The van der Waals surface area contributed by atoms with Crippen LogP contribution in [0.3, 0.4) is 0 Å². The molecule has 0 bridgehead atoms. The number of phenolic OH excluding ortho intramolecular Hbond substituents is 8. The van der Waals surface area contributed by atoms with Crippen molar-refractivity contribution < 1.29 is 50.3 Å². The van der Waals surface area contributed by atoms with Crippen molar-refractivity contribution in [2.24, 2.45) is 0 Å². The number of ether oxygens (including phenoxy) is 2. The number of hydrogen-bond acceptors (Lipinski definition) is 10. The fourth-order valence-electron chi connectivity index (χ4n) is 7.27. The van der Waals surface area contributed by atoms with E-state index in [9.17, 15) is 40.9 Å². The van der Waals surface area contributed by atoms with Crippen molar-refractivity contribution in [3.05, 3.63) is 154 Å². The van der Waals surface area contributed by atoms with E-state index < -0.39 is 24.0 Å². The maximum absolute atomic E-state index is 11.8. The van der Waals surface area contributed by atoms with E-state index in [-0.39, 0.29) is 46.0 Å². The van der Waals surface area contributed by atoms with E-state index in [1.165, 1.54) is 48.5 Å². The van der Waals surface area contributed by atoms with E-state index in [2.05, 4.69) is 0 Å². The molecule has 8 N–H and O–H groups in total. The third-order valence-corrected chi connectivity index (χ3v) is 9.57. The Balaban J connectivity index is 1.26. The van der Waals surface area contributed by atoms with Gasteiger partial charge in [-0.05, 0) is 101 Å². The molecule has 2 aliphatic rings. The molecule has 0 aromatic heterocycles. The van der Waals surface area contributed by atoms with Crippen LogP contribution < -0.4 is 9.47 Å². The summed E-state index contributed by atoms with van der Waals surface area (Å²) in [6.07, 6.45) is 1.95. The van der Waals surface area contributed by atoms with E-state index in [1.807, 2.05) is 6.08 Å². The molecule has 0 saturated carbocycles. The molecule has 2 heterocycles. The fraction of sp³-hybridized carbons (Fsp3) is 0.0952. The highest BCUT2D eigenvalue weighted by Gasteiger charge is 2.44. The van der Waals surface area contributed by atoms with Crippen LogP contribution in [0, 0.1) is 0 Å². The zero-order valence-corrected chi connectivity index (χ0v) is 27.3. The van der Waals surface area contributed by atoms with Gasteiger partial charge in [0.1, 0.15) is 69.7 Å². The predicted molar refractivity (Wildman–Crippen MR) is 191 cm³/mol. The lowest BCUT2D eigenvalue weighted by Gasteiger charge is -2.22. The molecule has 0 saturated heterocycles. The number of fused-ring (bicyclic) bond motifs is 2. The third-order valence-electron chi connectivity index (χ3n) is 9.57. The zero-order chi connectivity index (χ0) is 36.3. The Morgan fingerprint density at radius 1 is 0.385 bits per heavy atom. The summed E-state index contributed by atoms with van der Waals surface area (Å²) in [5.41, 5.74) is 4.19. The molecule has 0 spiro atoms. The second kappa shape index (κ2) is 12.4. The quantitative estimate of drug-likeness (QED) is 0.0795. The maximum atomic E-state index is 11.8. The van der Waals surface area contributed by atoms with Crippen LogP contribution in [0.2, 0.25) is 0 Å². The molecular weight excluding hydrogens is 664 g/mol. The highest BCUT2D eigenvalue weighted by molar-refractivity contribution is 5.73. The van der Waals surface area contributed by atoms with Crippen LogP contribution in [-0.4, -0.2) is 40.9 Å². The molecule has 6 aromatic carbocycles. The van der Waals surface area contributed by atoms with Crippen molar-refractivity contribution in [1.29, 1.82) is 0 Å². The van der Waals surface area contributed by atoms with Crippen LogP contribution in [0.25, 0.3) is 12.2 Å². The van der Waals surface area contributed by atoms with E-state index in [0.29, 0.717) is 50.4 Å². The topological polar surface area (TPSA) is 180 Å². The van der Waals surface area contributed by atoms with E-state index in [1.54, 1.807) is 66.7 Å².